The lowest BCUT2D eigenvalue weighted by molar-refractivity contribution is -0.139. The highest BCUT2D eigenvalue weighted by Crippen LogP contribution is 2.28. The molecule has 0 aliphatic heterocycles. The lowest BCUT2D eigenvalue weighted by atomic mass is 10.1. The van der Waals surface area contributed by atoms with Gasteiger partial charge in [0.25, 0.3) is 0 Å². The van der Waals surface area contributed by atoms with Gasteiger partial charge in [0.1, 0.15) is 30.0 Å². The van der Waals surface area contributed by atoms with Crippen LogP contribution in [0.15, 0.2) is 84.2 Å². The summed E-state index contributed by atoms with van der Waals surface area (Å²) in [6, 6.07) is 14.1. The molecule has 0 spiro atoms. The van der Waals surface area contributed by atoms with Crippen LogP contribution in [0.5, 0.6) is 17.2 Å². The van der Waals surface area contributed by atoms with Crippen LogP contribution in [0.1, 0.15) is 32.3 Å². The average Bonchev–Trinajstić information content (AvgIpc) is 2.81. The van der Waals surface area contributed by atoms with Crippen LogP contribution in [-0.4, -0.2) is 34.9 Å². The molecular formula is C27H29FO7. The fraction of sp³-hybridized carbons (Fsp3) is 0.259. The molecule has 0 fully saturated rings. The Morgan fingerprint density at radius 1 is 0.971 bits per heavy atom. The number of allylic oxidation sites excluding steroid dienone is 6. The number of ether oxygens (including phenoxy) is 3. The molecule has 0 aromatic heterocycles. The minimum atomic E-state index is -1.15. The third kappa shape index (κ3) is 11.6. The Hall–Kier alpha value is -4.07. The Bertz CT molecular complexity index is 1070. The zero-order valence-corrected chi connectivity index (χ0v) is 19.6. The molecule has 1 atom stereocenters. The van der Waals surface area contributed by atoms with Crippen LogP contribution in [-0.2, 0) is 20.9 Å². The van der Waals surface area contributed by atoms with Crippen molar-refractivity contribution in [1.82, 2.24) is 0 Å². The van der Waals surface area contributed by atoms with E-state index in [-0.39, 0.29) is 19.4 Å². The van der Waals surface area contributed by atoms with Crippen molar-refractivity contribution in [3.05, 3.63) is 89.7 Å². The van der Waals surface area contributed by atoms with Gasteiger partial charge < -0.3 is 24.4 Å². The Kier molecular flexibility index (Phi) is 11.1. The second kappa shape index (κ2) is 14.2. The number of alkyl halides is 1. The Morgan fingerprint density at radius 2 is 1.69 bits per heavy atom. The first-order chi connectivity index (χ1) is 16.7. The minimum Gasteiger partial charge on any atom is -0.494 e. The van der Waals surface area contributed by atoms with Gasteiger partial charge in [0.05, 0.1) is 5.76 Å². The quantitative estimate of drug-likeness (QED) is 0.248. The molecule has 35 heavy (non-hydrogen) atoms. The van der Waals surface area contributed by atoms with E-state index < -0.39 is 24.7 Å². The number of carbonyl (C=O) groups is 2. The molecule has 1 unspecified atom stereocenters. The van der Waals surface area contributed by atoms with E-state index in [1.807, 2.05) is 18.2 Å². The highest BCUT2D eigenvalue weighted by atomic mass is 19.1. The second-order valence-corrected chi connectivity index (χ2v) is 7.65. The van der Waals surface area contributed by atoms with Gasteiger partial charge in [-0.05, 0) is 61.7 Å². The molecular weight excluding hydrogens is 455 g/mol. The maximum Gasteiger partial charge on any atom is 0.341 e. The van der Waals surface area contributed by atoms with Gasteiger partial charge in [-0.1, -0.05) is 36.4 Å². The number of carboxylic acids is 2. The van der Waals surface area contributed by atoms with E-state index in [0.717, 1.165) is 0 Å². The van der Waals surface area contributed by atoms with E-state index in [1.165, 1.54) is 13.0 Å². The molecule has 8 heteroatoms. The van der Waals surface area contributed by atoms with Gasteiger partial charge in [-0.25, -0.2) is 9.18 Å². The number of hydrogen-bond acceptors (Lipinski definition) is 5. The zero-order valence-electron chi connectivity index (χ0n) is 19.6. The SMILES string of the molecule is C/C(=C\C=C(/C=CC(C)F)CCC(=O)O)OCc1cc(OCC(=O)O)cc(Oc2ccccc2)c1. The molecule has 7 nitrogen and oxygen atoms in total. The van der Waals surface area contributed by atoms with Crippen molar-refractivity contribution < 1.29 is 38.4 Å². The topological polar surface area (TPSA) is 102 Å². The van der Waals surface area contributed by atoms with Crippen LogP contribution in [0, 0.1) is 0 Å². The molecule has 0 bridgehead atoms. The van der Waals surface area contributed by atoms with Crippen LogP contribution in [0.3, 0.4) is 0 Å². The molecule has 0 aliphatic rings. The largest absolute Gasteiger partial charge is 0.494 e. The van der Waals surface area contributed by atoms with Crippen LogP contribution >= 0.6 is 0 Å². The molecule has 2 aromatic rings. The summed E-state index contributed by atoms with van der Waals surface area (Å²) in [5.74, 6) is -0.101. The van der Waals surface area contributed by atoms with Gasteiger partial charge in [0.2, 0.25) is 0 Å². The third-order valence-corrected chi connectivity index (χ3v) is 4.48. The van der Waals surface area contributed by atoms with Crippen LogP contribution in [0.2, 0.25) is 0 Å². The lowest BCUT2D eigenvalue weighted by Gasteiger charge is -2.12. The molecule has 0 saturated carbocycles. The first-order valence-electron chi connectivity index (χ1n) is 11.0. The smallest absolute Gasteiger partial charge is 0.341 e. The Morgan fingerprint density at radius 3 is 2.34 bits per heavy atom. The molecule has 0 saturated heterocycles. The summed E-state index contributed by atoms with van der Waals surface area (Å²) in [7, 11) is 0. The van der Waals surface area contributed by atoms with Crippen molar-refractivity contribution in [3.8, 4) is 17.2 Å². The van der Waals surface area contributed by atoms with Gasteiger partial charge in [0.15, 0.2) is 6.61 Å². The molecule has 0 amide bonds. The molecule has 2 aromatic carbocycles. The monoisotopic (exact) mass is 484 g/mol. The fourth-order valence-corrected chi connectivity index (χ4v) is 2.83. The Balaban J connectivity index is 2.15. The summed E-state index contributed by atoms with van der Waals surface area (Å²) in [5.41, 5.74) is 1.34. The predicted octanol–water partition coefficient (Wildman–Crippen LogP) is 6.07. The van der Waals surface area contributed by atoms with E-state index in [0.29, 0.717) is 34.1 Å². The summed E-state index contributed by atoms with van der Waals surface area (Å²) in [6.07, 6.45) is 5.32. The van der Waals surface area contributed by atoms with Crippen molar-refractivity contribution in [2.75, 3.05) is 6.61 Å². The van der Waals surface area contributed by atoms with Crippen molar-refractivity contribution in [2.24, 2.45) is 0 Å². The standard InChI is InChI=1S/C27H29FO7/c1-19(28)8-10-21(12-13-26(29)30)11-9-20(2)33-17-22-14-24(34-18-27(31)32)16-25(15-22)35-23-6-4-3-5-7-23/h3-11,14-16,19H,12-13,17-18H2,1-2H3,(H,29,30)(H,31,32)/b10-8?,20-9+,21-11+. The van der Waals surface area contributed by atoms with E-state index in [4.69, 9.17) is 24.4 Å². The Labute approximate surface area is 203 Å². The number of hydrogen-bond donors (Lipinski definition) is 2. The normalized spacial score (nSPS) is 12.9. The van der Waals surface area contributed by atoms with Gasteiger partial charge >= 0.3 is 11.9 Å². The van der Waals surface area contributed by atoms with E-state index in [9.17, 15) is 14.0 Å². The minimum absolute atomic E-state index is 0.0715. The van der Waals surface area contributed by atoms with Gasteiger partial charge in [-0.15, -0.1) is 0 Å². The molecule has 0 radical (unpaired) electrons. The summed E-state index contributed by atoms with van der Waals surface area (Å²) < 4.78 is 30.1. The second-order valence-electron chi connectivity index (χ2n) is 7.65. The van der Waals surface area contributed by atoms with Crippen molar-refractivity contribution in [1.29, 1.82) is 0 Å². The van der Waals surface area contributed by atoms with Gasteiger partial charge in [-0.3, -0.25) is 4.79 Å². The van der Waals surface area contributed by atoms with Crippen molar-refractivity contribution >= 4 is 11.9 Å². The number of para-hydroxylation sites is 1. The summed E-state index contributed by atoms with van der Waals surface area (Å²) in [5, 5.41) is 17.8. The number of carboxylic acid groups (broad SMARTS) is 2. The number of aliphatic carboxylic acids is 2. The maximum absolute atomic E-state index is 13.1. The lowest BCUT2D eigenvalue weighted by Crippen LogP contribution is -2.09. The first kappa shape index (κ1) is 27.2. The molecule has 2 N–H and O–H groups in total. The summed E-state index contributed by atoms with van der Waals surface area (Å²) >= 11 is 0. The zero-order chi connectivity index (χ0) is 25.6. The molecule has 0 heterocycles. The average molecular weight is 485 g/mol. The third-order valence-electron chi connectivity index (χ3n) is 4.48. The van der Waals surface area contributed by atoms with Crippen molar-refractivity contribution in [3.63, 3.8) is 0 Å². The number of rotatable bonds is 14. The molecule has 186 valence electrons. The van der Waals surface area contributed by atoms with Gasteiger partial charge in [0, 0.05) is 12.5 Å². The first-order valence-corrected chi connectivity index (χ1v) is 11.0. The van der Waals surface area contributed by atoms with E-state index >= 15 is 0 Å². The van der Waals surface area contributed by atoms with Crippen LogP contribution < -0.4 is 9.47 Å². The maximum atomic E-state index is 13.1. The van der Waals surface area contributed by atoms with E-state index in [1.54, 1.807) is 55.5 Å². The van der Waals surface area contributed by atoms with Crippen LogP contribution in [0.4, 0.5) is 4.39 Å². The number of benzene rings is 2. The molecule has 0 aliphatic carbocycles. The summed E-state index contributed by atoms with van der Waals surface area (Å²) in [6.45, 7) is 2.77. The highest BCUT2D eigenvalue weighted by molar-refractivity contribution is 5.68. The molecule has 2 rings (SSSR count). The summed E-state index contributed by atoms with van der Waals surface area (Å²) in [4.78, 5) is 21.8. The van der Waals surface area contributed by atoms with Crippen LogP contribution in [0.25, 0.3) is 0 Å². The van der Waals surface area contributed by atoms with Gasteiger partial charge in [-0.2, -0.15) is 0 Å². The van der Waals surface area contributed by atoms with Crippen molar-refractivity contribution in [2.45, 2.75) is 39.5 Å². The fourth-order valence-electron chi connectivity index (χ4n) is 2.83. The highest BCUT2D eigenvalue weighted by Gasteiger charge is 2.08. The van der Waals surface area contributed by atoms with E-state index in [2.05, 4.69) is 0 Å². The predicted molar refractivity (Wildman–Crippen MR) is 129 cm³/mol. The number of halogens is 1.